The summed E-state index contributed by atoms with van der Waals surface area (Å²) in [5.41, 5.74) is 0.0821. The molecular formula is C8H13NNaO3. The molecule has 0 heterocycles. The smallest absolute Gasteiger partial charge is 0.196 e. The topological polar surface area (TPSA) is 62.5 Å². The molecule has 0 aliphatic carbocycles. The van der Waals surface area contributed by atoms with Crippen LogP contribution in [0.5, 0.6) is 0 Å². The summed E-state index contributed by atoms with van der Waals surface area (Å²) >= 11 is 0. The Labute approximate surface area is 100 Å². The number of aliphatic hydroxyl groups excluding tert-OH is 1. The SMILES string of the molecule is CCOC(OCC)/C(C#N)=C\O.[Na]. The molecule has 0 spiro atoms. The Morgan fingerprint density at radius 3 is 2.15 bits per heavy atom. The van der Waals surface area contributed by atoms with E-state index in [9.17, 15) is 0 Å². The van der Waals surface area contributed by atoms with Crippen molar-refractivity contribution in [2.45, 2.75) is 20.1 Å². The summed E-state index contributed by atoms with van der Waals surface area (Å²) < 4.78 is 10.1. The van der Waals surface area contributed by atoms with Crippen LogP contribution >= 0.6 is 0 Å². The molecule has 0 amide bonds. The van der Waals surface area contributed by atoms with Gasteiger partial charge in [-0.15, -0.1) is 0 Å². The van der Waals surface area contributed by atoms with Crippen molar-refractivity contribution in [3.05, 3.63) is 11.8 Å². The Balaban J connectivity index is 0. The quantitative estimate of drug-likeness (QED) is 0.306. The van der Waals surface area contributed by atoms with Gasteiger partial charge in [0.2, 0.25) is 0 Å². The second-order valence-electron chi connectivity index (χ2n) is 1.94. The largest absolute Gasteiger partial charge is 0.514 e. The van der Waals surface area contributed by atoms with Crippen molar-refractivity contribution in [2.24, 2.45) is 0 Å². The summed E-state index contributed by atoms with van der Waals surface area (Å²) in [6.07, 6.45) is -0.0364. The number of nitrogens with zero attached hydrogens (tertiary/aromatic N) is 1. The van der Waals surface area contributed by atoms with Crippen LogP contribution in [0, 0.1) is 11.3 Å². The van der Waals surface area contributed by atoms with Crippen LogP contribution in [0.4, 0.5) is 0 Å². The number of hydrogen-bond donors (Lipinski definition) is 1. The molecule has 0 bridgehead atoms. The molecule has 13 heavy (non-hydrogen) atoms. The third kappa shape index (κ3) is 6.08. The summed E-state index contributed by atoms with van der Waals surface area (Å²) in [6.45, 7) is 4.45. The van der Waals surface area contributed by atoms with Crippen LogP contribution in [0.1, 0.15) is 13.8 Å². The van der Waals surface area contributed by atoms with Crippen LogP contribution in [0.3, 0.4) is 0 Å². The Kier molecular flexibility index (Phi) is 11.9. The second-order valence-corrected chi connectivity index (χ2v) is 1.94. The van der Waals surface area contributed by atoms with Gasteiger partial charge in [0.1, 0.15) is 11.6 Å². The van der Waals surface area contributed by atoms with Gasteiger partial charge in [-0.25, -0.2) is 0 Å². The fourth-order valence-corrected chi connectivity index (χ4v) is 0.673. The van der Waals surface area contributed by atoms with Crippen LogP contribution in [-0.4, -0.2) is 54.2 Å². The summed E-state index contributed by atoms with van der Waals surface area (Å²) in [5.74, 6) is 0. The third-order valence-electron chi connectivity index (χ3n) is 1.16. The van der Waals surface area contributed by atoms with Crippen molar-refractivity contribution < 1.29 is 14.6 Å². The van der Waals surface area contributed by atoms with E-state index in [1.54, 1.807) is 19.9 Å². The molecule has 69 valence electrons. The summed E-state index contributed by atoms with van der Waals surface area (Å²) in [7, 11) is 0. The number of ether oxygens (including phenoxy) is 2. The van der Waals surface area contributed by atoms with E-state index in [1.165, 1.54) is 0 Å². The molecule has 0 aromatic heterocycles. The standard InChI is InChI=1S/C8H13NO3.Na/c1-3-11-8(12-4-2)7(5-9)6-10;/h6,8,10H,3-4H2,1-2H3;/b7-6-;. The van der Waals surface area contributed by atoms with Crippen molar-refractivity contribution in [1.29, 1.82) is 5.26 Å². The molecule has 5 heteroatoms. The molecule has 0 rings (SSSR count). The number of aliphatic hydroxyl groups is 1. The molecule has 1 N–H and O–H groups in total. The van der Waals surface area contributed by atoms with Gasteiger partial charge in [-0.1, -0.05) is 0 Å². The minimum atomic E-state index is -0.741. The molecule has 0 saturated carbocycles. The van der Waals surface area contributed by atoms with E-state index < -0.39 is 6.29 Å². The molecule has 0 aromatic carbocycles. The van der Waals surface area contributed by atoms with E-state index in [2.05, 4.69) is 0 Å². The molecule has 0 unspecified atom stereocenters. The van der Waals surface area contributed by atoms with Crippen molar-refractivity contribution in [3.8, 4) is 6.07 Å². The molecule has 0 aliphatic rings. The van der Waals surface area contributed by atoms with Crippen molar-refractivity contribution in [2.75, 3.05) is 13.2 Å². The number of rotatable bonds is 5. The average molecular weight is 194 g/mol. The van der Waals surface area contributed by atoms with Gasteiger partial charge in [-0.05, 0) is 13.8 Å². The summed E-state index contributed by atoms with van der Waals surface area (Å²) in [5, 5.41) is 17.1. The first-order chi connectivity index (χ1) is 5.79. The molecule has 0 saturated heterocycles. The maximum Gasteiger partial charge on any atom is 0.196 e. The van der Waals surface area contributed by atoms with Crippen molar-refractivity contribution in [3.63, 3.8) is 0 Å². The van der Waals surface area contributed by atoms with Gasteiger partial charge in [-0.2, -0.15) is 5.26 Å². The van der Waals surface area contributed by atoms with Gasteiger partial charge < -0.3 is 14.6 Å². The Hall–Kier alpha value is -0.0500. The molecule has 0 aromatic rings. The summed E-state index contributed by atoms with van der Waals surface area (Å²) in [6, 6.07) is 1.78. The van der Waals surface area contributed by atoms with E-state index in [0.29, 0.717) is 19.5 Å². The Morgan fingerprint density at radius 1 is 1.46 bits per heavy atom. The maximum atomic E-state index is 8.61. The van der Waals surface area contributed by atoms with Crippen LogP contribution < -0.4 is 0 Å². The molecule has 0 aliphatic heterocycles. The Bertz CT molecular complexity index is 182. The van der Waals surface area contributed by atoms with Crippen molar-refractivity contribution >= 4 is 29.6 Å². The molecule has 1 radical (unpaired) electrons. The first kappa shape index (κ1) is 15.4. The molecule has 0 fully saturated rings. The Morgan fingerprint density at radius 2 is 1.92 bits per heavy atom. The normalized spacial score (nSPS) is 10.8. The average Bonchev–Trinajstić information content (AvgIpc) is 2.07. The molecular weight excluding hydrogens is 181 g/mol. The van der Waals surface area contributed by atoms with Crippen LogP contribution in [-0.2, 0) is 9.47 Å². The van der Waals surface area contributed by atoms with E-state index in [-0.39, 0.29) is 35.1 Å². The van der Waals surface area contributed by atoms with Crippen LogP contribution in [0.15, 0.2) is 11.8 Å². The van der Waals surface area contributed by atoms with Crippen molar-refractivity contribution in [1.82, 2.24) is 0 Å². The predicted octanol–water partition coefficient (Wildman–Crippen LogP) is 0.970. The first-order valence-electron chi connectivity index (χ1n) is 3.77. The molecule has 4 nitrogen and oxygen atoms in total. The van der Waals surface area contributed by atoms with Gasteiger partial charge in [0.15, 0.2) is 6.29 Å². The molecule has 0 atom stereocenters. The zero-order valence-corrected chi connectivity index (χ0v) is 10.3. The fourth-order valence-electron chi connectivity index (χ4n) is 0.673. The summed E-state index contributed by atoms with van der Waals surface area (Å²) in [4.78, 5) is 0. The van der Waals surface area contributed by atoms with Gasteiger partial charge in [0.05, 0.1) is 6.26 Å². The third-order valence-corrected chi connectivity index (χ3v) is 1.16. The van der Waals surface area contributed by atoms with E-state index in [0.717, 1.165) is 0 Å². The first-order valence-corrected chi connectivity index (χ1v) is 3.77. The van der Waals surface area contributed by atoms with Gasteiger partial charge in [0, 0.05) is 42.8 Å². The van der Waals surface area contributed by atoms with E-state index >= 15 is 0 Å². The van der Waals surface area contributed by atoms with Crippen LogP contribution in [0.2, 0.25) is 0 Å². The van der Waals surface area contributed by atoms with E-state index in [4.69, 9.17) is 19.8 Å². The zero-order chi connectivity index (χ0) is 9.40. The zero-order valence-electron chi connectivity index (χ0n) is 8.28. The number of hydrogen-bond acceptors (Lipinski definition) is 4. The van der Waals surface area contributed by atoms with Gasteiger partial charge >= 0.3 is 0 Å². The van der Waals surface area contributed by atoms with E-state index in [1.807, 2.05) is 0 Å². The predicted molar refractivity (Wildman–Crippen MR) is 49.1 cm³/mol. The fraction of sp³-hybridized carbons (Fsp3) is 0.625. The van der Waals surface area contributed by atoms with Gasteiger partial charge in [0.25, 0.3) is 0 Å². The monoisotopic (exact) mass is 194 g/mol. The van der Waals surface area contributed by atoms with Crippen LogP contribution in [0.25, 0.3) is 0 Å². The van der Waals surface area contributed by atoms with Gasteiger partial charge in [-0.3, -0.25) is 0 Å². The minimum Gasteiger partial charge on any atom is -0.514 e. The maximum absolute atomic E-state index is 8.61. The minimum absolute atomic E-state index is 0. The number of nitriles is 1. The second kappa shape index (κ2) is 10.0.